The van der Waals surface area contributed by atoms with E-state index >= 15 is 0 Å². The third-order valence-corrected chi connectivity index (χ3v) is 8.76. The molecule has 0 spiro atoms. The third-order valence-electron chi connectivity index (χ3n) is 8.76. The van der Waals surface area contributed by atoms with Crippen LogP contribution in [0.1, 0.15) is 39.8 Å². The van der Waals surface area contributed by atoms with Crippen molar-refractivity contribution in [3.8, 4) is 33.8 Å². The summed E-state index contributed by atoms with van der Waals surface area (Å²) in [6.45, 7) is 4.22. The first-order valence-electron chi connectivity index (χ1n) is 15.3. The molecule has 0 aromatic heterocycles. The van der Waals surface area contributed by atoms with Crippen molar-refractivity contribution in [2.45, 2.75) is 20.3 Å². The highest BCUT2D eigenvalue weighted by molar-refractivity contribution is 6.27. The molecule has 218 valence electrons. The summed E-state index contributed by atoms with van der Waals surface area (Å²) in [7, 11) is 0. The van der Waals surface area contributed by atoms with Gasteiger partial charge in [-0.05, 0) is 111 Å². The molecule has 0 amide bonds. The number of phenolic OH excluding ortho intramolecular Hbond substituents is 2. The largest absolute Gasteiger partial charge is 0.508 e. The van der Waals surface area contributed by atoms with Crippen LogP contribution in [0.15, 0.2) is 146 Å². The van der Waals surface area contributed by atoms with Crippen LogP contribution >= 0.6 is 0 Å². The van der Waals surface area contributed by atoms with Gasteiger partial charge in [-0.1, -0.05) is 132 Å². The first kappa shape index (κ1) is 28.2. The molecule has 45 heavy (non-hydrogen) atoms. The summed E-state index contributed by atoms with van der Waals surface area (Å²) >= 11 is 0. The molecule has 2 N–H and O–H groups in total. The van der Waals surface area contributed by atoms with Gasteiger partial charge in [-0.25, -0.2) is 0 Å². The molecule has 7 rings (SSSR count). The number of rotatable bonds is 6. The highest BCUT2D eigenvalue weighted by atomic mass is 16.3. The number of hydrogen-bond donors (Lipinski definition) is 2. The van der Waals surface area contributed by atoms with Gasteiger partial charge < -0.3 is 10.2 Å². The van der Waals surface area contributed by atoms with Crippen LogP contribution in [0.2, 0.25) is 0 Å². The van der Waals surface area contributed by atoms with Crippen molar-refractivity contribution in [2.75, 3.05) is 0 Å². The van der Waals surface area contributed by atoms with Crippen molar-refractivity contribution in [1.29, 1.82) is 0 Å². The fraction of sp³-hybridized carbons (Fsp3) is 0.0698. The minimum absolute atomic E-state index is 0.239. The second-order valence-electron chi connectivity index (χ2n) is 11.9. The molecule has 0 radical (unpaired) electrons. The van der Waals surface area contributed by atoms with Crippen LogP contribution in [-0.4, -0.2) is 10.2 Å². The predicted octanol–water partition coefficient (Wildman–Crippen LogP) is 11.0. The quantitative estimate of drug-likeness (QED) is 0.205. The monoisotopic (exact) mass is 582 g/mol. The fourth-order valence-corrected chi connectivity index (χ4v) is 6.26. The maximum atomic E-state index is 10.2. The lowest BCUT2D eigenvalue weighted by Gasteiger charge is -2.15. The Morgan fingerprint density at radius 2 is 0.556 bits per heavy atom. The minimum atomic E-state index is 0.239. The van der Waals surface area contributed by atoms with Gasteiger partial charge in [-0.3, -0.25) is 0 Å². The molecule has 2 nitrogen and oxygen atoms in total. The minimum Gasteiger partial charge on any atom is -0.508 e. The average Bonchev–Trinajstić information content (AvgIpc) is 3.47. The highest BCUT2D eigenvalue weighted by Gasteiger charge is 2.28. The zero-order valence-electron chi connectivity index (χ0n) is 25.5. The number of phenols is 2. The van der Waals surface area contributed by atoms with Crippen LogP contribution in [0.25, 0.3) is 44.5 Å². The Morgan fingerprint density at radius 3 is 0.867 bits per heavy atom. The van der Waals surface area contributed by atoms with Gasteiger partial charge in [0, 0.05) is 0 Å². The smallest absolute Gasteiger partial charge is 0.115 e. The Balaban J connectivity index is 1.38. The summed E-state index contributed by atoms with van der Waals surface area (Å²) in [4.78, 5) is 0. The Labute approximate surface area is 264 Å². The number of aryl methyl sites for hydroxylation is 2. The van der Waals surface area contributed by atoms with Crippen molar-refractivity contribution in [3.05, 3.63) is 179 Å². The average molecular weight is 583 g/mol. The van der Waals surface area contributed by atoms with Crippen LogP contribution in [-0.2, 0) is 0 Å². The predicted molar refractivity (Wildman–Crippen MR) is 188 cm³/mol. The zero-order valence-corrected chi connectivity index (χ0v) is 25.5. The lowest BCUT2D eigenvalue weighted by Crippen LogP contribution is -1.92. The second kappa shape index (κ2) is 11.8. The van der Waals surface area contributed by atoms with Gasteiger partial charge in [-0.15, -0.1) is 0 Å². The number of allylic oxidation sites excluding steroid dienone is 4. The molecule has 0 saturated carbocycles. The van der Waals surface area contributed by atoms with E-state index in [4.69, 9.17) is 0 Å². The van der Waals surface area contributed by atoms with Gasteiger partial charge in [0.05, 0.1) is 0 Å². The fourth-order valence-electron chi connectivity index (χ4n) is 6.26. The van der Waals surface area contributed by atoms with E-state index in [0.717, 1.165) is 39.8 Å². The molecule has 0 heterocycles. The van der Waals surface area contributed by atoms with Crippen LogP contribution in [0.5, 0.6) is 11.5 Å². The molecule has 0 saturated heterocycles. The van der Waals surface area contributed by atoms with E-state index in [1.165, 1.54) is 44.5 Å². The lowest BCUT2D eigenvalue weighted by molar-refractivity contribution is 0.474. The van der Waals surface area contributed by atoms with Gasteiger partial charge in [0.25, 0.3) is 0 Å². The van der Waals surface area contributed by atoms with Crippen LogP contribution in [0.3, 0.4) is 0 Å². The Morgan fingerprint density at radius 1 is 0.311 bits per heavy atom. The van der Waals surface area contributed by atoms with E-state index in [-0.39, 0.29) is 11.5 Å². The zero-order chi connectivity index (χ0) is 30.9. The van der Waals surface area contributed by atoms with Gasteiger partial charge in [-0.2, -0.15) is 0 Å². The number of benzene rings is 6. The first-order chi connectivity index (χ1) is 21.9. The number of hydrogen-bond acceptors (Lipinski definition) is 2. The van der Waals surface area contributed by atoms with Crippen LogP contribution in [0.4, 0.5) is 0 Å². The van der Waals surface area contributed by atoms with E-state index in [2.05, 4.69) is 111 Å². The summed E-state index contributed by atoms with van der Waals surface area (Å²) in [5, 5.41) is 20.3. The van der Waals surface area contributed by atoms with E-state index < -0.39 is 0 Å². The number of aromatic hydroxyl groups is 2. The molecule has 1 aliphatic carbocycles. The highest BCUT2D eigenvalue weighted by Crippen LogP contribution is 2.52. The summed E-state index contributed by atoms with van der Waals surface area (Å²) in [6, 6.07) is 50.0. The van der Waals surface area contributed by atoms with Crippen molar-refractivity contribution in [3.63, 3.8) is 0 Å². The summed E-state index contributed by atoms with van der Waals surface area (Å²) in [5.41, 5.74) is 16.4. The van der Waals surface area contributed by atoms with E-state index in [9.17, 15) is 10.2 Å². The third kappa shape index (κ3) is 5.71. The summed E-state index contributed by atoms with van der Waals surface area (Å²) in [5.74, 6) is 0.479. The molecular weight excluding hydrogens is 548 g/mol. The molecule has 6 aromatic carbocycles. The summed E-state index contributed by atoms with van der Waals surface area (Å²) in [6.07, 6.45) is 0.750. The van der Waals surface area contributed by atoms with Gasteiger partial charge >= 0.3 is 0 Å². The maximum Gasteiger partial charge on any atom is 0.115 e. The summed E-state index contributed by atoms with van der Waals surface area (Å²) < 4.78 is 0. The molecule has 0 aliphatic heterocycles. The van der Waals surface area contributed by atoms with E-state index in [0.29, 0.717) is 0 Å². The molecule has 0 bridgehead atoms. The lowest BCUT2D eigenvalue weighted by atomic mass is 9.89. The Kier molecular flexibility index (Phi) is 7.41. The van der Waals surface area contributed by atoms with Gasteiger partial charge in [0.1, 0.15) is 11.5 Å². The standard InChI is InChI=1S/C43H34O2/c1-28-3-7-30(8-4-28)32-11-15-34(16-12-32)40-27-41(35-17-13-33(14-18-35)31-9-5-29(2)6-10-31)43(37-21-25-39(45)26-22-37)42(40)36-19-23-38(44)24-20-36/h3-26,44-45H,27H2,1-2H3. The van der Waals surface area contributed by atoms with E-state index in [1.54, 1.807) is 24.3 Å². The Bertz CT molecular complexity index is 1870. The van der Waals surface area contributed by atoms with Crippen molar-refractivity contribution < 1.29 is 10.2 Å². The second-order valence-corrected chi connectivity index (χ2v) is 11.9. The van der Waals surface area contributed by atoms with Crippen molar-refractivity contribution >= 4 is 22.3 Å². The molecule has 0 fully saturated rings. The van der Waals surface area contributed by atoms with Crippen LogP contribution < -0.4 is 0 Å². The van der Waals surface area contributed by atoms with Crippen LogP contribution in [0, 0.1) is 13.8 Å². The van der Waals surface area contributed by atoms with Gasteiger partial charge in [0.2, 0.25) is 0 Å². The first-order valence-corrected chi connectivity index (χ1v) is 15.3. The Hall–Kier alpha value is -5.60. The molecule has 0 atom stereocenters. The van der Waals surface area contributed by atoms with Crippen molar-refractivity contribution in [1.82, 2.24) is 0 Å². The molecule has 0 unspecified atom stereocenters. The molecule has 6 aromatic rings. The molecule has 1 aliphatic rings. The van der Waals surface area contributed by atoms with Crippen molar-refractivity contribution in [2.24, 2.45) is 0 Å². The van der Waals surface area contributed by atoms with E-state index in [1.807, 2.05) is 24.3 Å². The van der Waals surface area contributed by atoms with Gasteiger partial charge in [0.15, 0.2) is 0 Å². The maximum absolute atomic E-state index is 10.2. The molecular formula is C43H34O2. The SMILES string of the molecule is Cc1ccc(-c2ccc(C3=C(c4ccc(O)cc4)C(c4ccc(O)cc4)=C(c4ccc(-c5ccc(C)cc5)cc4)C3)cc2)cc1. The normalized spacial score (nSPS) is 13.0. The molecule has 2 heteroatoms. The topological polar surface area (TPSA) is 40.5 Å².